The van der Waals surface area contributed by atoms with Crippen molar-refractivity contribution >= 4 is 33.7 Å². The number of piperazine rings is 1. The third-order valence-corrected chi connectivity index (χ3v) is 11.1. The molecule has 5 N–H and O–H groups in total. The van der Waals surface area contributed by atoms with Crippen molar-refractivity contribution in [1.82, 2.24) is 25.2 Å². The minimum Gasteiger partial charge on any atom is -0.445 e. The highest BCUT2D eigenvalue weighted by Gasteiger charge is 2.34. The number of hydrazone groups is 1. The second-order valence-corrected chi connectivity index (χ2v) is 15.8. The first kappa shape index (κ1) is 48.3. The topological polar surface area (TPSA) is 245 Å². The number of carbonyl (C=O) groups excluding carboxylic acids is 2. The van der Waals surface area contributed by atoms with Gasteiger partial charge in [0.1, 0.15) is 17.8 Å². The molecule has 59 heavy (non-hydrogen) atoms. The third kappa shape index (κ3) is 18.6. The van der Waals surface area contributed by atoms with E-state index in [1.807, 2.05) is 0 Å². The molecule has 0 unspecified atom stereocenters. The molecule has 0 saturated carbocycles. The number of hydrogen-bond donors (Lipinski definition) is 4. The van der Waals surface area contributed by atoms with Gasteiger partial charge in [-0.05, 0) is 68.1 Å². The van der Waals surface area contributed by atoms with Crippen LogP contribution >= 0.6 is 0 Å². The molecule has 18 nitrogen and oxygen atoms in total. The van der Waals surface area contributed by atoms with Crippen molar-refractivity contribution in [2.24, 2.45) is 10.8 Å². The Morgan fingerprint density at radius 3 is 2.03 bits per heavy atom. The van der Waals surface area contributed by atoms with Crippen molar-refractivity contribution in [1.29, 1.82) is 0 Å². The highest BCUT2D eigenvalue weighted by atomic mass is 32.2. The van der Waals surface area contributed by atoms with Crippen LogP contribution in [-0.2, 0) is 32.3 Å². The molecule has 1 saturated heterocycles. The van der Waals surface area contributed by atoms with Crippen molar-refractivity contribution in [2.75, 3.05) is 45.8 Å². The molecule has 328 valence electrons. The number of nitrogens with two attached hydrogens (primary N) is 1. The Morgan fingerprint density at radius 1 is 0.847 bits per heavy atom. The van der Waals surface area contributed by atoms with E-state index in [0.717, 1.165) is 89.0 Å². The number of nitro groups is 2. The van der Waals surface area contributed by atoms with Gasteiger partial charge in [0, 0.05) is 51.4 Å². The first-order valence-electron chi connectivity index (χ1n) is 19.6. The number of nitrogens with one attached hydrogen (secondary N) is 3. The number of unbranched alkanes of at least 4 members (excludes halogenated alkanes) is 9. The van der Waals surface area contributed by atoms with Crippen LogP contribution in [0, 0.1) is 20.2 Å². The van der Waals surface area contributed by atoms with Gasteiger partial charge in [0.2, 0.25) is 15.9 Å². The average molecular weight is 858 g/mol. The molecule has 1 atom stereocenters. The molecule has 2 aromatic carbocycles. The zero-order valence-corrected chi connectivity index (χ0v) is 33.7. The van der Waals surface area contributed by atoms with Crippen LogP contribution in [0.25, 0.3) is 0 Å². The van der Waals surface area contributed by atoms with Crippen LogP contribution in [0.4, 0.5) is 23.7 Å². The van der Waals surface area contributed by atoms with Crippen molar-refractivity contribution in [3.63, 3.8) is 0 Å². The van der Waals surface area contributed by atoms with Crippen molar-refractivity contribution < 1.29 is 45.9 Å². The second kappa shape index (κ2) is 24.7. The van der Waals surface area contributed by atoms with Gasteiger partial charge in [-0.15, -0.1) is 0 Å². The van der Waals surface area contributed by atoms with Gasteiger partial charge in [-0.2, -0.15) is 17.9 Å². The molecular weight excluding hydrogens is 804 g/mol. The summed E-state index contributed by atoms with van der Waals surface area (Å²) < 4.78 is 73.7. The number of alkyl halides is 3. The van der Waals surface area contributed by atoms with Crippen LogP contribution in [-0.4, -0.2) is 98.0 Å². The Kier molecular flexibility index (Phi) is 20.2. The number of nitro benzene ring substituents is 1. The average Bonchev–Trinajstić information content (AvgIpc) is 3.19. The largest absolute Gasteiger partial charge is 0.445 e. The van der Waals surface area contributed by atoms with Gasteiger partial charge in [-0.3, -0.25) is 19.8 Å². The van der Waals surface area contributed by atoms with Gasteiger partial charge in [0.15, 0.2) is 5.03 Å². The van der Waals surface area contributed by atoms with Crippen LogP contribution in [0.15, 0.2) is 58.5 Å². The number of alkyl carbamates (subject to hydrolysis) is 1. The van der Waals surface area contributed by atoms with Crippen molar-refractivity contribution in [3.8, 4) is 0 Å². The summed E-state index contributed by atoms with van der Waals surface area (Å²) in [7, 11) is -4.54. The summed E-state index contributed by atoms with van der Waals surface area (Å²) in [6.07, 6.45) is 5.37. The number of nitrogens with zero attached hydrogens (tertiary/aromatic N) is 5. The maximum absolute atomic E-state index is 13.6. The molecule has 1 aliphatic heterocycles. The molecule has 22 heteroatoms. The third-order valence-electron chi connectivity index (χ3n) is 9.60. The summed E-state index contributed by atoms with van der Waals surface area (Å²) >= 11 is 0. The monoisotopic (exact) mass is 857 g/mol. The fourth-order valence-electron chi connectivity index (χ4n) is 6.36. The van der Waals surface area contributed by atoms with Crippen molar-refractivity contribution in [3.05, 3.63) is 79.9 Å². The molecule has 3 rings (SSSR count). The Labute approximate surface area is 341 Å². The molecule has 0 aliphatic carbocycles. The van der Waals surface area contributed by atoms with Crippen LogP contribution in [0.3, 0.4) is 0 Å². The zero-order valence-electron chi connectivity index (χ0n) is 32.9. The molecule has 1 heterocycles. The number of guanidine groups is 1. The van der Waals surface area contributed by atoms with E-state index in [2.05, 4.69) is 25.4 Å². The lowest BCUT2D eigenvalue weighted by Crippen LogP contribution is -2.55. The van der Waals surface area contributed by atoms with E-state index in [-0.39, 0.29) is 31.7 Å². The van der Waals surface area contributed by atoms with E-state index in [1.54, 1.807) is 12.1 Å². The maximum atomic E-state index is 13.6. The smallest absolute Gasteiger partial charge is 0.416 e. The minimum atomic E-state index is -4.77. The Hall–Kier alpha value is -5.09. The summed E-state index contributed by atoms with van der Waals surface area (Å²) in [6, 6.07) is 7.75. The number of halogens is 3. The molecular formula is C37H54F3N9O9S. The number of benzene rings is 2. The van der Waals surface area contributed by atoms with Gasteiger partial charge in [0.25, 0.3) is 11.6 Å². The highest BCUT2D eigenvalue weighted by molar-refractivity contribution is 7.89. The van der Waals surface area contributed by atoms with Gasteiger partial charge in [-0.25, -0.2) is 23.3 Å². The van der Waals surface area contributed by atoms with Crippen LogP contribution in [0.1, 0.15) is 88.2 Å². The number of hydrogen-bond acceptors (Lipinski definition) is 10. The molecule has 2 aromatic rings. The Morgan fingerprint density at radius 2 is 1.44 bits per heavy atom. The number of sulfonamides is 1. The fraction of sp³-hybridized carbons (Fsp3) is 0.595. The summed E-state index contributed by atoms with van der Waals surface area (Å²) in [5.74, 6) is -1.00. The van der Waals surface area contributed by atoms with Crippen LogP contribution < -0.4 is 21.1 Å². The summed E-state index contributed by atoms with van der Waals surface area (Å²) in [6.45, 7) is 3.25. The van der Waals surface area contributed by atoms with Gasteiger partial charge in [-0.1, -0.05) is 57.4 Å². The predicted octanol–water partition coefficient (Wildman–Crippen LogP) is 5.11. The van der Waals surface area contributed by atoms with E-state index in [1.165, 1.54) is 17.0 Å². The highest BCUT2D eigenvalue weighted by Crippen LogP contribution is 2.30. The van der Waals surface area contributed by atoms with Gasteiger partial charge in [0.05, 0.1) is 15.4 Å². The van der Waals surface area contributed by atoms with Gasteiger partial charge >= 0.3 is 12.3 Å². The normalized spacial score (nSPS) is 14.4. The summed E-state index contributed by atoms with van der Waals surface area (Å²) in [5, 5.41) is 28.4. The quantitative estimate of drug-likeness (QED) is 0.0335. The van der Waals surface area contributed by atoms with Crippen LogP contribution in [0.2, 0.25) is 0 Å². The van der Waals surface area contributed by atoms with E-state index in [4.69, 9.17) is 10.5 Å². The maximum Gasteiger partial charge on any atom is 0.416 e. The molecule has 0 radical (unpaired) electrons. The second-order valence-electron chi connectivity index (χ2n) is 14.1. The Bertz CT molecular complexity index is 1790. The number of carbonyl (C=O) groups is 2. The molecule has 2 amide bonds. The molecule has 0 aromatic heterocycles. The lowest BCUT2D eigenvalue weighted by atomic mass is 10.1. The van der Waals surface area contributed by atoms with E-state index in [9.17, 15) is 51.4 Å². The minimum absolute atomic E-state index is 0.0171. The SMILES string of the molecule is N/C(=N\[N+](=O)[O-])NCCC[C@H](NS(=O)(=O)c1cccc(C(F)(F)F)c1)C(=O)N1CCN(CCCCCCCCCCCCNC(=O)OCc2ccc([N+](=O)[O-])cc2)CC1. The van der Waals surface area contributed by atoms with E-state index in [0.29, 0.717) is 44.4 Å². The molecule has 0 bridgehead atoms. The molecule has 1 fully saturated rings. The van der Waals surface area contributed by atoms with E-state index >= 15 is 0 Å². The fourth-order valence-corrected chi connectivity index (χ4v) is 7.63. The van der Waals surface area contributed by atoms with Gasteiger partial charge < -0.3 is 26.0 Å². The summed E-state index contributed by atoms with van der Waals surface area (Å²) in [5.41, 5.74) is 4.91. The number of non-ortho nitro benzene ring substituents is 1. The predicted molar refractivity (Wildman–Crippen MR) is 212 cm³/mol. The standard InChI is InChI=1S/C37H54F3N9O9S/c38-37(39,40)30-13-11-14-32(27-30)59(56,57)45-33(15-12-21-42-35(41)44-49(54)55)34(50)47-25-23-46(24-26-47)22-10-8-6-4-2-1-3-5-7-9-20-43-36(51)58-28-29-16-18-31(19-17-29)48(52)53/h11,13-14,16-19,27,33,45H,1-10,12,15,20-26,28H2,(H,43,51)(H3,41,42,44)/t33-/m0/s1. The number of amides is 2. The Balaban J connectivity index is 1.29. The number of ether oxygens (including phenoxy) is 1. The lowest BCUT2D eigenvalue weighted by Gasteiger charge is -2.36. The lowest BCUT2D eigenvalue weighted by molar-refractivity contribution is -0.485. The van der Waals surface area contributed by atoms with Crippen LogP contribution in [0.5, 0.6) is 0 Å². The summed E-state index contributed by atoms with van der Waals surface area (Å²) in [4.78, 5) is 49.4. The first-order valence-corrected chi connectivity index (χ1v) is 21.1. The molecule has 1 aliphatic rings. The van der Waals surface area contributed by atoms with E-state index < -0.39 is 60.6 Å². The molecule has 0 spiro atoms. The number of rotatable bonds is 25. The zero-order chi connectivity index (χ0) is 43.3. The first-order chi connectivity index (χ1) is 28.0. The van der Waals surface area contributed by atoms with Crippen molar-refractivity contribution in [2.45, 2.75) is 101 Å².